The summed E-state index contributed by atoms with van der Waals surface area (Å²) in [5, 5.41) is 20.8. The Kier molecular flexibility index (Phi) is 5.42. The Hall–Kier alpha value is -3.74. The van der Waals surface area contributed by atoms with E-state index in [1.807, 2.05) is 0 Å². The van der Waals surface area contributed by atoms with Gasteiger partial charge in [-0.05, 0) is 12.1 Å². The Morgan fingerprint density at radius 2 is 1.94 bits per heavy atom. The number of aliphatic hydroxyl groups is 2. The number of anilines is 1. The summed E-state index contributed by atoms with van der Waals surface area (Å²) in [7, 11) is 0. The number of nitrogens with zero attached hydrogens (tertiary/aromatic N) is 4. The highest BCUT2D eigenvalue weighted by atomic mass is 16.6. The number of carbonyl (C=O) groups excluding carboxylic acids is 3. The maximum atomic E-state index is 12.3. The number of ether oxygens (including phenoxy) is 2. The summed E-state index contributed by atoms with van der Waals surface area (Å²) in [5.41, 5.74) is 6.61. The summed E-state index contributed by atoms with van der Waals surface area (Å²) in [6, 6.07) is 3.89. The van der Waals surface area contributed by atoms with Crippen LogP contribution in [0.2, 0.25) is 0 Å². The van der Waals surface area contributed by atoms with Crippen molar-refractivity contribution in [1.29, 1.82) is 0 Å². The van der Waals surface area contributed by atoms with Crippen molar-refractivity contribution < 1.29 is 34.1 Å². The van der Waals surface area contributed by atoms with Gasteiger partial charge in [0.05, 0.1) is 11.9 Å². The lowest BCUT2D eigenvalue weighted by atomic mass is 10.1. The zero-order valence-electron chi connectivity index (χ0n) is 15.9. The first-order valence-electron chi connectivity index (χ1n) is 9.10. The number of aliphatic hydroxyl groups excluding tert-OH is 2. The minimum atomic E-state index is -1.36. The van der Waals surface area contributed by atoms with E-state index in [0.717, 1.165) is 0 Å². The van der Waals surface area contributed by atoms with Crippen LogP contribution in [0.4, 0.5) is 5.82 Å². The van der Waals surface area contributed by atoms with E-state index in [1.165, 1.54) is 35.4 Å². The number of fused-ring (bicyclic) bond motifs is 1. The minimum absolute atomic E-state index is 0.0464. The molecule has 4 atom stereocenters. The molecule has 31 heavy (non-hydrogen) atoms. The molecular formula is C19H17N5O7. The molecule has 0 amide bonds. The van der Waals surface area contributed by atoms with Crippen molar-refractivity contribution in [2.45, 2.75) is 24.5 Å². The lowest BCUT2D eigenvalue weighted by molar-refractivity contribution is -0.0565. The van der Waals surface area contributed by atoms with Crippen molar-refractivity contribution in [1.82, 2.24) is 19.5 Å². The predicted octanol–water partition coefficient (Wildman–Crippen LogP) is -0.490. The molecule has 0 aliphatic carbocycles. The van der Waals surface area contributed by atoms with Crippen LogP contribution in [0.1, 0.15) is 37.3 Å². The molecule has 1 aliphatic rings. The molecule has 12 heteroatoms. The Labute approximate surface area is 174 Å². The first-order valence-corrected chi connectivity index (χ1v) is 9.10. The summed E-state index contributed by atoms with van der Waals surface area (Å²) < 4.78 is 12.3. The van der Waals surface area contributed by atoms with E-state index in [-0.39, 0.29) is 29.1 Å². The number of aldehydes is 2. The van der Waals surface area contributed by atoms with Crippen LogP contribution in [0.15, 0.2) is 30.9 Å². The lowest BCUT2D eigenvalue weighted by Gasteiger charge is -2.16. The van der Waals surface area contributed by atoms with E-state index < -0.39 is 30.5 Å². The molecule has 0 saturated carbocycles. The standard InChI is InChI=1S/C19H17N5O7/c20-16-13-17(22-7-21-16)24(8-23-13)18-15(28)14(27)12(31-18)6-30-19(29)9-1-2-10(4-25)11(3-9)5-26/h1-5,7-8,12,14-15,18,27-28H,6H2,(H2,20,21,22)/t12?,14-,15-,18?/m1/s1. The van der Waals surface area contributed by atoms with Gasteiger partial charge in [0.1, 0.15) is 36.8 Å². The molecule has 12 nitrogen and oxygen atoms in total. The molecule has 0 spiro atoms. The van der Waals surface area contributed by atoms with Gasteiger partial charge in [-0.1, -0.05) is 6.07 Å². The van der Waals surface area contributed by atoms with Gasteiger partial charge in [0.2, 0.25) is 0 Å². The summed E-state index contributed by atoms with van der Waals surface area (Å²) >= 11 is 0. The first-order chi connectivity index (χ1) is 14.9. The summed E-state index contributed by atoms with van der Waals surface area (Å²) in [5.74, 6) is -0.638. The molecule has 3 aromatic rings. The Bertz CT molecular complexity index is 1160. The van der Waals surface area contributed by atoms with Gasteiger partial charge in [0.15, 0.2) is 30.3 Å². The van der Waals surface area contributed by atoms with Crippen molar-refractivity contribution >= 4 is 35.5 Å². The van der Waals surface area contributed by atoms with E-state index >= 15 is 0 Å². The van der Waals surface area contributed by atoms with Crippen LogP contribution in [0.5, 0.6) is 0 Å². The smallest absolute Gasteiger partial charge is 0.338 e. The molecule has 4 N–H and O–H groups in total. The van der Waals surface area contributed by atoms with Gasteiger partial charge in [-0.15, -0.1) is 0 Å². The topological polar surface area (TPSA) is 180 Å². The van der Waals surface area contributed by atoms with Crippen LogP contribution in [-0.4, -0.2) is 73.2 Å². The second-order valence-corrected chi connectivity index (χ2v) is 6.81. The fraction of sp³-hybridized carbons (Fsp3) is 0.263. The highest BCUT2D eigenvalue weighted by molar-refractivity contribution is 5.96. The van der Waals surface area contributed by atoms with Crippen LogP contribution in [-0.2, 0) is 9.47 Å². The number of hydrogen-bond donors (Lipinski definition) is 3. The van der Waals surface area contributed by atoms with Gasteiger partial charge in [0.25, 0.3) is 0 Å². The van der Waals surface area contributed by atoms with Crippen molar-refractivity contribution in [2.24, 2.45) is 0 Å². The van der Waals surface area contributed by atoms with E-state index in [0.29, 0.717) is 23.7 Å². The minimum Gasteiger partial charge on any atom is -0.459 e. The Balaban J connectivity index is 1.47. The fourth-order valence-electron chi connectivity index (χ4n) is 3.31. The highest BCUT2D eigenvalue weighted by Gasteiger charge is 2.45. The monoisotopic (exact) mass is 427 g/mol. The number of aromatic nitrogens is 4. The van der Waals surface area contributed by atoms with E-state index in [2.05, 4.69) is 15.0 Å². The van der Waals surface area contributed by atoms with Crippen molar-refractivity contribution in [3.63, 3.8) is 0 Å². The van der Waals surface area contributed by atoms with E-state index in [9.17, 15) is 24.6 Å². The van der Waals surface area contributed by atoms with E-state index in [4.69, 9.17) is 15.2 Å². The second-order valence-electron chi connectivity index (χ2n) is 6.81. The Morgan fingerprint density at radius 1 is 1.16 bits per heavy atom. The maximum absolute atomic E-state index is 12.3. The third kappa shape index (κ3) is 3.63. The summed E-state index contributed by atoms with van der Waals surface area (Å²) in [6.45, 7) is -0.372. The molecule has 1 aromatic carbocycles. The van der Waals surface area contributed by atoms with Crippen molar-refractivity contribution in [3.8, 4) is 0 Å². The summed E-state index contributed by atoms with van der Waals surface area (Å²) in [6.07, 6.45) is -1.27. The van der Waals surface area contributed by atoms with Crippen molar-refractivity contribution in [3.05, 3.63) is 47.5 Å². The summed E-state index contributed by atoms with van der Waals surface area (Å²) in [4.78, 5) is 46.3. The lowest BCUT2D eigenvalue weighted by Crippen LogP contribution is -2.34. The average Bonchev–Trinajstić information content (AvgIpc) is 3.33. The second kappa shape index (κ2) is 8.18. The van der Waals surface area contributed by atoms with Crippen LogP contribution < -0.4 is 5.73 Å². The molecule has 0 bridgehead atoms. The number of nitrogens with two attached hydrogens (primary N) is 1. The number of nitrogen functional groups attached to an aromatic ring is 1. The molecular weight excluding hydrogens is 410 g/mol. The largest absolute Gasteiger partial charge is 0.459 e. The zero-order chi connectivity index (χ0) is 22.1. The van der Waals surface area contributed by atoms with Gasteiger partial charge in [-0.3, -0.25) is 14.2 Å². The quantitative estimate of drug-likeness (QED) is 0.341. The first kappa shape index (κ1) is 20.5. The normalized spacial score (nSPS) is 23.0. The average molecular weight is 427 g/mol. The van der Waals surface area contributed by atoms with E-state index in [1.54, 1.807) is 0 Å². The van der Waals surface area contributed by atoms with Crippen LogP contribution in [0.25, 0.3) is 11.2 Å². The fourth-order valence-corrected chi connectivity index (χ4v) is 3.31. The molecule has 160 valence electrons. The number of esters is 1. The van der Waals surface area contributed by atoms with Gasteiger partial charge < -0.3 is 25.4 Å². The molecule has 1 saturated heterocycles. The molecule has 0 radical (unpaired) electrons. The number of rotatable bonds is 6. The SMILES string of the molecule is Nc1ncnc2c1ncn2C1OC(COC(=O)c2ccc(C=O)c(C=O)c2)[C@@H](O)[C@H]1O. The van der Waals surface area contributed by atoms with Crippen LogP contribution in [0.3, 0.4) is 0 Å². The number of carbonyl (C=O) groups is 3. The number of benzene rings is 1. The highest BCUT2D eigenvalue weighted by Crippen LogP contribution is 2.32. The number of imidazole rings is 1. The molecule has 4 rings (SSSR count). The third-order valence-electron chi connectivity index (χ3n) is 4.95. The van der Waals surface area contributed by atoms with Gasteiger partial charge >= 0.3 is 5.97 Å². The zero-order valence-corrected chi connectivity index (χ0v) is 15.9. The van der Waals surface area contributed by atoms with Crippen LogP contribution >= 0.6 is 0 Å². The molecule has 2 aromatic heterocycles. The maximum Gasteiger partial charge on any atom is 0.338 e. The van der Waals surface area contributed by atoms with Gasteiger partial charge in [0, 0.05) is 11.1 Å². The number of hydrogen-bond acceptors (Lipinski definition) is 11. The molecule has 1 fully saturated rings. The molecule has 3 heterocycles. The van der Waals surface area contributed by atoms with Gasteiger partial charge in [-0.2, -0.15) is 0 Å². The molecule has 2 unspecified atom stereocenters. The van der Waals surface area contributed by atoms with Crippen LogP contribution in [0, 0.1) is 0 Å². The third-order valence-corrected chi connectivity index (χ3v) is 4.95. The Morgan fingerprint density at radius 3 is 2.68 bits per heavy atom. The molecule has 1 aliphatic heterocycles. The predicted molar refractivity (Wildman–Crippen MR) is 103 cm³/mol. The van der Waals surface area contributed by atoms with Crippen molar-refractivity contribution in [2.75, 3.05) is 12.3 Å². The van der Waals surface area contributed by atoms with Gasteiger partial charge in [-0.25, -0.2) is 19.7 Å².